The lowest BCUT2D eigenvalue weighted by atomic mass is 9.72. The number of hydrogen-bond acceptors (Lipinski definition) is 11. The van der Waals surface area contributed by atoms with Gasteiger partial charge in [-0.25, -0.2) is 13.2 Å². The topological polar surface area (TPSA) is 281 Å². The van der Waals surface area contributed by atoms with Gasteiger partial charge in [0.05, 0.1) is 32.0 Å². The van der Waals surface area contributed by atoms with Gasteiger partial charge in [0.15, 0.2) is 0 Å². The van der Waals surface area contributed by atoms with E-state index in [1.54, 1.807) is 27.7 Å². The van der Waals surface area contributed by atoms with E-state index in [0.29, 0.717) is 6.42 Å². The summed E-state index contributed by atoms with van der Waals surface area (Å²) in [5.41, 5.74) is -1.24. The van der Waals surface area contributed by atoms with Crippen molar-refractivity contribution in [2.24, 2.45) is 10.8 Å². The van der Waals surface area contributed by atoms with Crippen LogP contribution in [0.1, 0.15) is 72.6 Å². The largest absolute Gasteiger partial charge is 0.481 e. The zero-order chi connectivity index (χ0) is 36.3. The van der Waals surface area contributed by atoms with Crippen LogP contribution in [-0.4, -0.2) is 117 Å². The maximum atomic E-state index is 12.4. The highest BCUT2D eigenvalue weighted by Gasteiger charge is 2.33. The second-order valence-corrected chi connectivity index (χ2v) is 14.2. The van der Waals surface area contributed by atoms with E-state index in [2.05, 4.69) is 16.0 Å². The molecule has 0 saturated carbocycles. The van der Waals surface area contributed by atoms with E-state index in [-0.39, 0.29) is 64.9 Å². The fourth-order valence-corrected chi connectivity index (χ4v) is 5.76. The summed E-state index contributed by atoms with van der Waals surface area (Å²) in [6, 6.07) is -1.38. The standard InChI is InChI=1S/C28H48N4O14S/c1-27(2,18-28(3,4)15-24(37)38)14-22(35)32-47(43,44)13-5-6-20(33)29-9-10-45-11-12-46-17-23(36)31-19(26(41)42)7-8-21(34)30-16-25(39)40/h19H,5-18H2,1-4H3,(H,29,33)(H,30,34)(H,31,36)(H,32,35)(H,37,38)(H,39,40)(H,41,42)/t19-/m0/s1. The summed E-state index contributed by atoms with van der Waals surface area (Å²) in [7, 11) is -3.98. The van der Waals surface area contributed by atoms with Crippen LogP contribution in [0.2, 0.25) is 0 Å². The Morgan fingerprint density at radius 3 is 1.91 bits per heavy atom. The average molecular weight is 697 g/mol. The third kappa shape index (κ3) is 24.1. The van der Waals surface area contributed by atoms with Crippen LogP contribution in [0.25, 0.3) is 0 Å². The summed E-state index contributed by atoms with van der Waals surface area (Å²) in [6.45, 7) is 6.14. The van der Waals surface area contributed by atoms with E-state index >= 15 is 0 Å². The number of hydrogen-bond donors (Lipinski definition) is 7. The molecule has 1 atom stereocenters. The Morgan fingerprint density at radius 1 is 0.723 bits per heavy atom. The zero-order valence-corrected chi connectivity index (χ0v) is 28.0. The van der Waals surface area contributed by atoms with Crippen LogP contribution in [0, 0.1) is 10.8 Å². The number of sulfonamides is 1. The van der Waals surface area contributed by atoms with Crippen LogP contribution in [0.15, 0.2) is 0 Å². The molecule has 47 heavy (non-hydrogen) atoms. The maximum absolute atomic E-state index is 12.4. The van der Waals surface area contributed by atoms with Gasteiger partial charge in [-0.2, -0.15) is 0 Å². The Morgan fingerprint density at radius 2 is 1.32 bits per heavy atom. The molecule has 0 aromatic rings. The molecule has 0 aliphatic carbocycles. The molecule has 0 radical (unpaired) electrons. The summed E-state index contributed by atoms with van der Waals surface area (Å²) in [6.07, 6.45) is -0.571. The monoisotopic (exact) mass is 696 g/mol. The number of carboxylic acid groups (broad SMARTS) is 3. The van der Waals surface area contributed by atoms with E-state index in [1.165, 1.54) is 0 Å². The molecule has 19 heteroatoms. The molecule has 0 aromatic heterocycles. The van der Waals surface area contributed by atoms with Gasteiger partial charge in [0.25, 0.3) is 0 Å². The zero-order valence-electron chi connectivity index (χ0n) is 27.2. The third-order valence-electron chi connectivity index (χ3n) is 6.22. The number of carbonyl (C=O) groups is 7. The van der Waals surface area contributed by atoms with E-state index in [0.717, 1.165) is 0 Å². The van der Waals surface area contributed by atoms with Gasteiger partial charge in [0.2, 0.25) is 33.7 Å². The predicted molar refractivity (Wildman–Crippen MR) is 164 cm³/mol. The fourth-order valence-electron chi connectivity index (χ4n) is 4.72. The van der Waals surface area contributed by atoms with Gasteiger partial charge in [-0.15, -0.1) is 0 Å². The van der Waals surface area contributed by atoms with Crippen LogP contribution < -0.4 is 20.7 Å². The van der Waals surface area contributed by atoms with Crippen LogP contribution in [0.5, 0.6) is 0 Å². The van der Waals surface area contributed by atoms with Crippen molar-refractivity contribution in [2.75, 3.05) is 45.3 Å². The highest BCUT2D eigenvalue weighted by Crippen LogP contribution is 2.38. The quantitative estimate of drug-likeness (QED) is 0.0547. The molecular formula is C28H48N4O14S. The Labute approximate surface area is 273 Å². The van der Waals surface area contributed by atoms with Crippen LogP contribution >= 0.6 is 0 Å². The van der Waals surface area contributed by atoms with Gasteiger partial charge in [-0.1, -0.05) is 27.7 Å². The normalized spacial score (nSPS) is 12.4. The highest BCUT2D eigenvalue weighted by molar-refractivity contribution is 7.90. The summed E-state index contributed by atoms with van der Waals surface area (Å²) in [5.74, 6) is -6.63. The SMILES string of the molecule is CC(C)(CC(=O)O)CC(C)(C)CC(=O)NS(=O)(=O)CCCC(=O)NCCOCCOCC(=O)N[C@@H](CCC(=O)NCC(=O)O)C(=O)O. The minimum absolute atomic E-state index is 0.0302. The Kier molecular flexibility index (Phi) is 19.4. The molecule has 0 spiro atoms. The van der Waals surface area contributed by atoms with Crippen molar-refractivity contribution < 1.29 is 66.8 Å². The number of rotatable bonds is 26. The molecule has 0 aliphatic rings. The Hall–Kier alpha value is -3.84. The van der Waals surface area contributed by atoms with Crippen molar-refractivity contribution in [3.8, 4) is 0 Å². The van der Waals surface area contributed by atoms with Gasteiger partial charge < -0.3 is 40.7 Å². The summed E-state index contributed by atoms with van der Waals surface area (Å²) >= 11 is 0. The van der Waals surface area contributed by atoms with Crippen LogP contribution in [0.3, 0.4) is 0 Å². The number of carboxylic acids is 3. The van der Waals surface area contributed by atoms with Gasteiger partial charge in [-0.05, 0) is 30.1 Å². The van der Waals surface area contributed by atoms with Crippen LogP contribution in [0.4, 0.5) is 0 Å². The lowest BCUT2D eigenvalue weighted by Crippen LogP contribution is -2.43. The first-order valence-corrected chi connectivity index (χ1v) is 16.5. The van der Waals surface area contributed by atoms with Gasteiger partial charge >= 0.3 is 17.9 Å². The first-order valence-electron chi connectivity index (χ1n) is 14.8. The van der Waals surface area contributed by atoms with E-state index in [4.69, 9.17) is 19.7 Å². The summed E-state index contributed by atoms with van der Waals surface area (Å²) in [5, 5.41) is 33.6. The lowest BCUT2D eigenvalue weighted by Gasteiger charge is -2.33. The molecule has 7 N–H and O–H groups in total. The van der Waals surface area contributed by atoms with Crippen molar-refractivity contribution in [2.45, 2.75) is 78.7 Å². The Bertz CT molecular complexity index is 1200. The molecule has 0 fully saturated rings. The van der Waals surface area contributed by atoms with Crippen LogP contribution in [-0.2, 0) is 53.1 Å². The van der Waals surface area contributed by atoms with Crippen molar-refractivity contribution >= 4 is 51.6 Å². The molecule has 0 rings (SSSR count). The fraction of sp³-hybridized carbons (Fsp3) is 0.750. The van der Waals surface area contributed by atoms with Gasteiger partial charge in [0, 0.05) is 25.8 Å². The van der Waals surface area contributed by atoms with E-state index < -0.39 is 87.3 Å². The molecule has 0 unspecified atom stereocenters. The highest BCUT2D eigenvalue weighted by atomic mass is 32.2. The number of ether oxygens (including phenoxy) is 2. The molecule has 0 aliphatic heterocycles. The maximum Gasteiger partial charge on any atom is 0.326 e. The first-order chi connectivity index (χ1) is 21.6. The summed E-state index contributed by atoms with van der Waals surface area (Å²) < 4.78 is 36.9. The first kappa shape index (κ1) is 43.2. The Balaban J connectivity index is 4.15. The molecule has 0 bridgehead atoms. The molecule has 4 amide bonds. The molecule has 18 nitrogen and oxygen atoms in total. The average Bonchev–Trinajstić information content (AvgIpc) is 2.88. The number of amides is 4. The number of aliphatic carboxylic acids is 3. The molecule has 0 saturated heterocycles. The van der Waals surface area contributed by atoms with Crippen molar-refractivity contribution in [3.05, 3.63) is 0 Å². The van der Waals surface area contributed by atoms with Gasteiger partial charge in [0.1, 0.15) is 19.2 Å². The molecule has 0 heterocycles. The molecule has 0 aromatic carbocycles. The third-order valence-corrected chi connectivity index (χ3v) is 7.58. The number of nitrogens with one attached hydrogen (secondary N) is 4. The van der Waals surface area contributed by atoms with Crippen molar-refractivity contribution in [1.29, 1.82) is 0 Å². The smallest absolute Gasteiger partial charge is 0.326 e. The molecular weight excluding hydrogens is 648 g/mol. The molecule has 270 valence electrons. The second kappa shape index (κ2) is 21.1. The lowest BCUT2D eigenvalue weighted by molar-refractivity contribution is -0.143. The van der Waals surface area contributed by atoms with Gasteiger partial charge in [-0.3, -0.25) is 33.5 Å². The second-order valence-electron chi connectivity index (χ2n) is 12.4. The van der Waals surface area contributed by atoms with Crippen molar-refractivity contribution in [3.63, 3.8) is 0 Å². The number of carbonyl (C=O) groups excluding carboxylic acids is 4. The van der Waals surface area contributed by atoms with E-state index in [9.17, 15) is 47.1 Å². The minimum atomic E-state index is -3.98. The van der Waals surface area contributed by atoms with E-state index in [1.807, 2.05) is 4.72 Å². The minimum Gasteiger partial charge on any atom is -0.481 e. The van der Waals surface area contributed by atoms with Crippen molar-refractivity contribution in [1.82, 2.24) is 20.7 Å². The summed E-state index contributed by atoms with van der Waals surface area (Å²) in [4.78, 5) is 80.6. The predicted octanol–water partition coefficient (Wildman–Crippen LogP) is -0.780.